The van der Waals surface area contributed by atoms with Crippen molar-refractivity contribution < 1.29 is 19.0 Å². The highest BCUT2D eigenvalue weighted by atomic mass is 35.5. The van der Waals surface area contributed by atoms with Gasteiger partial charge in [-0.25, -0.2) is 0 Å². The number of ether oxygens (including phenoxy) is 3. The fourth-order valence-corrected chi connectivity index (χ4v) is 3.96. The zero-order valence-corrected chi connectivity index (χ0v) is 19.3. The van der Waals surface area contributed by atoms with Crippen molar-refractivity contribution in [2.45, 2.75) is 11.8 Å². The summed E-state index contributed by atoms with van der Waals surface area (Å²) in [5.74, 6) is 1.56. The first-order valence-electron chi connectivity index (χ1n) is 9.51. The quantitative estimate of drug-likeness (QED) is 0.215. The van der Waals surface area contributed by atoms with Gasteiger partial charge in [0.05, 0.1) is 31.8 Å². The molecule has 3 aromatic rings. The van der Waals surface area contributed by atoms with Crippen molar-refractivity contribution in [2.24, 2.45) is 0 Å². The van der Waals surface area contributed by atoms with Gasteiger partial charge in [-0.15, -0.1) is 0 Å². The van der Waals surface area contributed by atoms with Gasteiger partial charge >= 0.3 is 0 Å². The number of rotatable bonds is 8. The van der Waals surface area contributed by atoms with Crippen LogP contribution in [0.2, 0.25) is 5.02 Å². The Hall–Kier alpha value is -2.89. The summed E-state index contributed by atoms with van der Waals surface area (Å²) in [6.45, 7) is 2.02. The second-order valence-corrected chi connectivity index (χ2v) is 8.26. The summed E-state index contributed by atoms with van der Waals surface area (Å²) >= 11 is 7.39. The van der Waals surface area contributed by atoms with Crippen LogP contribution in [0.3, 0.4) is 0 Å². The molecule has 0 atom stereocenters. The van der Waals surface area contributed by atoms with Crippen LogP contribution in [0.1, 0.15) is 21.5 Å². The van der Waals surface area contributed by atoms with Gasteiger partial charge in [-0.1, -0.05) is 41.1 Å². The van der Waals surface area contributed by atoms with Crippen LogP contribution in [0.15, 0.2) is 70.5 Å². The number of hydrogen-bond acceptors (Lipinski definition) is 5. The average Bonchev–Trinajstić information content (AvgIpc) is 2.79. The molecule has 0 aliphatic carbocycles. The minimum absolute atomic E-state index is 0.123. The van der Waals surface area contributed by atoms with E-state index in [0.29, 0.717) is 38.3 Å². The SMILES string of the molecule is COc1cc(OC)c(/C=C(/Sc2ccc(C)cc2)C(=O)c2ccc(Cl)cc2)c(OC)c1. The second kappa shape index (κ2) is 10.4. The molecule has 0 fully saturated rings. The Labute approximate surface area is 191 Å². The standard InChI is InChI=1S/C25H23ClO4S/c1-16-5-11-20(12-6-16)31-24(25(27)17-7-9-18(26)10-8-17)15-21-22(29-3)13-19(28-2)14-23(21)30-4/h5-15H,1-4H3/b24-15+. The maximum absolute atomic E-state index is 13.4. The molecule has 6 heteroatoms. The molecule has 0 heterocycles. The van der Waals surface area contributed by atoms with Crippen LogP contribution in [-0.2, 0) is 0 Å². The van der Waals surface area contributed by atoms with Gasteiger partial charge in [0.15, 0.2) is 5.78 Å². The Morgan fingerprint density at radius 2 is 1.45 bits per heavy atom. The molecule has 0 bridgehead atoms. The highest BCUT2D eigenvalue weighted by molar-refractivity contribution is 8.04. The van der Waals surface area contributed by atoms with E-state index in [4.69, 9.17) is 25.8 Å². The van der Waals surface area contributed by atoms with E-state index >= 15 is 0 Å². The number of allylic oxidation sites excluding steroid dienone is 1. The molecule has 0 aromatic heterocycles. The topological polar surface area (TPSA) is 44.8 Å². The van der Waals surface area contributed by atoms with E-state index < -0.39 is 0 Å². The summed E-state index contributed by atoms with van der Waals surface area (Å²) in [6, 6.07) is 18.4. The molecule has 0 N–H and O–H groups in total. The average molecular weight is 455 g/mol. The Balaban J connectivity index is 2.13. The van der Waals surface area contributed by atoms with Crippen molar-refractivity contribution in [1.82, 2.24) is 0 Å². The highest BCUT2D eigenvalue weighted by Crippen LogP contribution is 2.39. The van der Waals surface area contributed by atoms with Crippen molar-refractivity contribution in [3.63, 3.8) is 0 Å². The molecule has 0 amide bonds. The molecule has 31 heavy (non-hydrogen) atoms. The first kappa shape index (κ1) is 22.8. The molecule has 160 valence electrons. The van der Waals surface area contributed by atoms with Crippen LogP contribution >= 0.6 is 23.4 Å². The number of ketones is 1. The highest BCUT2D eigenvalue weighted by Gasteiger charge is 2.18. The Bertz CT molecular complexity index is 1060. The van der Waals surface area contributed by atoms with Gasteiger partial charge in [0.2, 0.25) is 0 Å². The lowest BCUT2D eigenvalue weighted by Gasteiger charge is -2.14. The number of Topliss-reactive ketones (excluding diaryl/α,β-unsaturated/α-hetero) is 1. The molecular formula is C25H23ClO4S. The molecule has 0 aliphatic rings. The molecule has 0 saturated carbocycles. The molecule has 0 aliphatic heterocycles. The predicted octanol–water partition coefficient (Wildman–Crippen LogP) is 6.69. The molecule has 3 aromatic carbocycles. The third kappa shape index (κ3) is 5.63. The van der Waals surface area contributed by atoms with E-state index in [2.05, 4.69) is 0 Å². The van der Waals surface area contributed by atoms with E-state index in [1.165, 1.54) is 11.8 Å². The smallest absolute Gasteiger partial charge is 0.199 e. The van der Waals surface area contributed by atoms with E-state index in [1.54, 1.807) is 63.8 Å². The Morgan fingerprint density at radius 1 is 0.871 bits per heavy atom. The van der Waals surface area contributed by atoms with Gasteiger partial charge in [0.1, 0.15) is 17.2 Å². The Kier molecular flexibility index (Phi) is 7.66. The summed E-state index contributed by atoms with van der Waals surface area (Å²) in [4.78, 5) is 14.9. The number of thioether (sulfide) groups is 1. The number of carbonyl (C=O) groups is 1. The van der Waals surface area contributed by atoms with Crippen molar-refractivity contribution in [3.8, 4) is 17.2 Å². The van der Waals surface area contributed by atoms with Crippen molar-refractivity contribution in [3.05, 3.63) is 87.3 Å². The fourth-order valence-electron chi connectivity index (χ4n) is 2.92. The number of halogens is 1. The van der Waals surface area contributed by atoms with E-state index in [-0.39, 0.29) is 5.78 Å². The number of aryl methyl sites for hydroxylation is 1. The van der Waals surface area contributed by atoms with Crippen molar-refractivity contribution in [2.75, 3.05) is 21.3 Å². The first-order valence-corrected chi connectivity index (χ1v) is 10.7. The molecule has 4 nitrogen and oxygen atoms in total. The zero-order chi connectivity index (χ0) is 22.4. The lowest BCUT2D eigenvalue weighted by molar-refractivity contribution is 0.104. The van der Waals surface area contributed by atoms with Crippen LogP contribution in [0.5, 0.6) is 17.2 Å². The molecule has 0 unspecified atom stereocenters. The lowest BCUT2D eigenvalue weighted by atomic mass is 10.1. The third-order valence-electron chi connectivity index (χ3n) is 4.61. The van der Waals surface area contributed by atoms with Crippen LogP contribution < -0.4 is 14.2 Å². The third-order valence-corrected chi connectivity index (χ3v) is 5.89. The van der Waals surface area contributed by atoms with Gasteiger partial charge in [0.25, 0.3) is 0 Å². The second-order valence-electron chi connectivity index (χ2n) is 6.71. The van der Waals surface area contributed by atoms with Crippen molar-refractivity contribution in [1.29, 1.82) is 0 Å². The molecule has 3 rings (SSSR count). The summed E-state index contributed by atoms with van der Waals surface area (Å²) in [6.07, 6.45) is 1.79. The van der Waals surface area contributed by atoms with E-state index in [9.17, 15) is 4.79 Å². The number of benzene rings is 3. The minimum Gasteiger partial charge on any atom is -0.496 e. The van der Waals surface area contributed by atoms with E-state index in [0.717, 1.165) is 10.5 Å². The number of hydrogen-bond donors (Lipinski definition) is 0. The summed E-state index contributed by atoms with van der Waals surface area (Å²) in [7, 11) is 4.71. The molecular weight excluding hydrogens is 432 g/mol. The number of methoxy groups -OCH3 is 3. The summed E-state index contributed by atoms with van der Waals surface area (Å²) < 4.78 is 16.4. The predicted molar refractivity (Wildman–Crippen MR) is 127 cm³/mol. The summed E-state index contributed by atoms with van der Waals surface area (Å²) in [5, 5.41) is 0.576. The van der Waals surface area contributed by atoms with Crippen LogP contribution in [0.4, 0.5) is 0 Å². The first-order chi connectivity index (χ1) is 14.9. The van der Waals surface area contributed by atoms with Gasteiger partial charge in [0, 0.05) is 27.6 Å². The van der Waals surface area contributed by atoms with E-state index in [1.807, 2.05) is 31.2 Å². The van der Waals surface area contributed by atoms with Gasteiger partial charge in [-0.05, 0) is 49.4 Å². The maximum Gasteiger partial charge on any atom is 0.199 e. The molecule has 0 spiro atoms. The van der Waals surface area contributed by atoms with Crippen LogP contribution in [0, 0.1) is 6.92 Å². The maximum atomic E-state index is 13.4. The largest absolute Gasteiger partial charge is 0.496 e. The Morgan fingerprint density at radius 3 is 1.97 bits per heavy atom. The summed E-state index contributed by atoms with van der Waals surface area (Å²) in [5.41, 5.74) is 2.35. The lowest BCUT2D eigenvalue weighted by Crippen LogP contribution is -2.02. The number of carbonyl (C=O) groups excluding carboxylic acids is 1. The van der Waals surface area contributed by atoms with Crippen LogP contribution in [-0.4, -0.2) is 27.1 Å². The van der Waals surface area contributed by atoms with Gasteiger partial charge in [-0.2, -0.15) is 0 Å². The van der Waals surface area contributed by atoms with Gasteiger partial charge in [-0.3, -0.25) is 4.79 Å². The molecule has 0 radical (unpaired) electrons. The fraction of sp³-hybridized carbons (Fsp3) is 0.160. The molecule has 0 saturated heterocycles. The zero-order valence-electron chi connectivity index (χ0n) is 17.8. The van der Waals surface area contributed by atoms with Crippen LogP contribution in [0.25, 0.3) is 6.08 Å². The monoisotopic (exact) mass is 454 g/mol. The normalized spacial score (nSPS) is 11.2. The minimum atomic E-state index is -0.123. The van der Waals surface area contributed by atoms with Gasteiger partial charge < -0.3 is 14.2 Å². The van der Waals surface area contributed by atoms with Crippen molar-refractivity contribution >= 4 is 35.2 Å².